The first-order valence-electron chi connectivity index (χ1n) is 6.49. The second kappa shape index (κ2) is 5.70. The summed E-state index contributed by atoms with van der Waals surface area (Å²) >= 11 is 0. The molecule has 2 nitrogen and oxygen atoms in total. The van der Waals surface area contributed by atoms with Gasteiger partial charge in [-0.3, -0.25) is 4.79 Å². The van der Waals surface area contributed by atoms with Gasteiger partial charge in [0, 0.05) is 6.42 Å². The highest BCUT2D eigenvalue weighted by Gasteiger charge is 2.10. The van der Waals surface area contributed by atoms with Crippen LogP contribution in [-0.4, -0.2) is 5.78 Å². The monoisotopic (exact) mass is 254 g/mol. The zero-order valence-electron chi connectivity index (χ0n) is 11.6. The molecular weight excluding hydrogens is 236 g/mol. The van der Waals surface area contributed by atoms with Gasteiger partial charge in [0.15, 0.2) is 5.78 Å². The van der Waals surface area contributed by atoms with Crippen LogP contribution in [0.2, 0.25) is 0 Å². The van der Waals surface area contributed by atoms with Gasteiger partial charge in [0.2, 0.25) is 0 Å². The van der Waals surface area contributed by atoms with Gasteiger partial charge in [0.25, 0.3) is 0 Å². The highest BCUT2D eigenvalue weighted by atomic mass is 16.5. The van der Waals surface area contributed by atoms with Crippen LogP contribution in [-0.2, 0) is 0 Å². The fourth-order valence-electron chi connectivity index (χ4n) is 1.88. The second-order valence-corrected chi connectivity index (χ2v) is 4.62. The number of carbonyl (C=O) groups is 1. The molecule has 2 aromatic carbocycles. The van der Waals surface area contributed by atoms with Crippen LogP contribution in [0.25, 0.3) is 0 Å². The number of ketones is 1. The van der Waals surface area contributed by atoms with Gasteiger partial charge < -0.3 is 4.74 Å². The van der Waals surface area contributed by atoms with Crippen LogP contribution in [0.1, 0.15) is 34.8 Å². The summed E-state index contributed by atoms with van der Waals surface area (Å²) < 4.78 is 5.85. The molecule has 98 valence electrons. The molecule has 0 atom stereocenters. The molecule has 19 heavy (non-hydrogen) atoms. The number of aryl methyl sites for hydroxylation is 2. The zero-order chi connectivity index (χ0) is 13.8. The van der Waals surface area contributed by atoms with Crippen molar-refractivity contribution < 1.29 is 9.53 Å². The summed E-state index contributed by atoms with van der Waals surface area (Å²) in [6.07, 6.45) is 0.479. The maximum absolute atomic E-state index is 11.9. The molecule has 0 aromatic heterocycles. The summed E-state index contributed by atoms with van der Waals surface area (Å²) in [5.41, 5.74) is 3.05. The van der Waals surface area contributed by atoms with Gasteiger partial charge in [-0.1, -0.05) is 25.1 Å². The van der Waals surface area contributed by atoms with E-state index in [4.69, 9.17) is 4.74 Å². The number of carbonyl (C=O) groups excluding carboxylic acids is 1. The molecule has 2 heteroatoms. The van der Waals surface area contributed by atoms with E-state index in [1.807, 2.05) is 56.3 Å². The van der Waals surface area contributed by atoms with Crippen LogP contribution in [0.3, 0.4) is 0 Å². The summed E-state index contributed by atoms with van der Waals surface area (Å²) in [7, 11) is 0. The average molecular weight is 254 g/mol. The van der Waals surface area contributed by atoms with Crippen LogP contribution in [0.15, 0.2) is 42.5 Å². The Balaban J connectivity index is 2.32. The molecule has 0 N–H and O–H groups in total. The molecule has 0 bridgehead atoms. The first kappa shape index (κ1) is 13.3. The molecule has 0 spiro atoms. The minimum atomic E-state index is 0.0967. The number of hydrogen-bond donors (Lipinski definition) is 0. The van der Waals surface area contributed by atoms with Gasteiger partial charge in [0.1, 0.15) is 11.5 Å². The summed E-state index contributed by atoms with van der Waals surface area (Å²) in [5.74, 6) is 1.48. The highest BCUT2D eigenvalue weighted by molar-refractivity contribution is 5.98. The standard InChI is InChI=1S/C17H18O2/c1-4-16(18)15-7-5-6-8-17(15)19-14-10-9-12(2)13(3)11-14/h5-11H,4H2,1-3H3. The van der Waals surface area contributed by atoms with E-state index in [-0.39, 0.29) is 5.78 Å². The Morgan fingerprint density at radius 2 is 1.79 bits per heavy atom. The van der Waals surface area contributed by atoms with Gasteiger partial charge in [-0.25, -0.2) is 0 Å². The van der Waals surface area contributed by atoms with E-state index in [0.717, 1.165) is 5.75 Å². The molecule has 0 aliphatic carbocycles. The quantitative estimate of drug-likeness (QED) is 0.740. The number of para-hydroxylation sites is 1. The first-order valence-corrected chi connectivity index (χ1v) is 6.49. The highest BCUT2D eigenvalue weighted by Crippen LogP contribution is 2.27. The van der Waals surface area contributed by atoms with Crippen LogP contribution in [0, 0.1) is 13.8 Å². The van der Waals surface area contributed by atoms with Gasteiger partial charge in [0.05, 0.1) is 5.56 Å². The van der Waals surface area contributed by atoms with E-state index in [1.54, 1.807) is 0 Å². The Labute approximate surface area is 114 Å². The molecule has 0 aliphatic heterocycles. The van der Waals surface area contributed by atoms with Gasteiger partial charge in [-0.15, -0.1) is 0 Å². The molecule has 0 fully saturated rings. The molecule has 2 rings (SSSR count). The van der Waals surface area contributed by atoms with Crippen molar-refractivity contribution in [2.24, 2.45) is 0 Å². The second-order valence-electron chi connectivity index (χ2n) is 4.62. The average Bonchev–Trinajstić information content (AvgIpc) is 2.43. The van der Waals surface area contributed by atoms with Crippen LogP contribution >= 0.6 is 0 Å². The minimum Gasteiger partial charge on any atom is -0.457 e. The minimum absolute atomic E-state index is 0.0967. The lowest BCUT2D eigenvalue weighted by Gasteiger charge is -2.11. The lowest BCUT2D eigenvalue weighted by Crippen LogP contribution is -1.99. The molecular formula is C17H18O2. The zero-order valence-corrected chi connectivity index (χ0v) is 11.6. The predicted molar refractivity (Wildman–Crippen MR) is 77.1 cm³/mol. The van der Waals surface area contributed by atoms with E-state index < -0.39 is 0 Å². The lowest BCUT2D eigenvalue weighted by molar-refractivity contribution is 0.0986. The van der Waals surface area contributed by atoms with Crippen molar-refractivity contribution in [2.75, 3.05) is 0 Å². The smallest absolute Gasteiger partial charge is 0.166 e. The largest absolute Gasteiger partial charge is 0.457 e. The van der Waals surface area contributed by atoms with Crippen molar-refractivity contribution in [3.63, 3.8) is 0 Å². The van der Waals surface area contributed by atoms with E-state index >= 15 is 0 Å². The molecule has 0 saturated carbocycles. The van der Waals surface area contributed by atoms with E-state index in [2.05, 4.69) is 6.92 Å². The third kappa shape index (κ3) is 3.02. The Kier molecular flexibility index (Phi) is 4.00. The van der Waals surface area contributed by atoms with Crippen molar-refractivity contribution in [3.8, 4) is 11.5 Å². The molecule has 0 radical (unpaired) electrons. The van der Waals surface area contributed by atoms with Crippen molar-refractivity contribution >= 4 is 5.78 Å². The van der Waals surface area contributed by atoms with Crippen molar-refractivity contribution in [1.29, 1.82) is 0 Å². The SMILES string of the molecule is CCC(=O)c1ccccc1Oc1ccc(C)c(C)c1. The van der Waals surface area contributed by atoms with Gasteiger partial charge in [-0.05, 0) is 49.2 Å². The maximum atomic E-state index is 11.9. The number of Topliss-reactive ketones (excluding diaryl/α,β-unsaturated/α-hetero) is 1. The normalized spacial score (nSPS) is 10.3. The fraction of sp³-hybridized carbons (Fsp3) is 0.235. The van der Waals surface area contributed by atoms with Gasteiger partial charge in [-0.2, -0.15) is 0 Å². The van der Waals surface area contributed by atoms with Crippen LogP contribution in [0.5, 0.6) is 11.5 Å². The van der Waals surface area contributed by atoms with Crippen molar-refractivity contribution in [1.82, 2.24) is 0 Å². The summed E-state index contributed by atoms with van der Waals surface area (Å²) in [6.45, 7) is 5.97. The van der Waals surface area contributed by atoms with E-state index in [9.17, 15) is 4.79 Å². The fourth-order valence-corrected chi connectivity index (χ4v) is 1.88. The predicted octanol–water partition coefficient (Wildman–Crippen LogP) is 4.69. The number of benzene rings is 2. The van der Waals surface area contributed by atoms with Crippen LogP contribution in [0.4, 0.5) is 0 Å². The van der Waals surface area contributed by atoms with Gasteiger partial charge >= 0.3 is 0 Å². The number of rotatable bonds is 4. The Hall–Kier alpha value is -2.09. The first-order chi connectivity index (χ1) is 9.11. The summed E-state index contributed by atoms with van der Waals surface area (Å²) in [4.78, 5) is 11.9. The number of hydrogen-bond acceptors (Lipinski definition) is 2. The van der Waals surface area contributed by atoms with E-state index in [0.29, 0.717) is 17.7 Å². The Morgan fingerprint density at radius 1 is 1.05 bits per heavy atom. The lowest BCUT2D eigenvalue weighted by atomic mass is 10.1. The molecule has 0 unspecified atom stereocenters. The molecule has 0 saturated heterocycles. The molecule has 2 aromatic rings. The third-order valence-electron chi connectivity index (χ3n) is 3.21. The summed E-state index contributed by atoms with van der Waals surface area (Å²) in [6, 6.07) is 13.3. The van der Waals surface area contributed by atoms with Crippen molar-refractivity contribution in [2.45, 2.75) is 27.2 Å². The maximum Gasteiger partial charge on any atom is 0.166 e. The summed E-state index contributed by atoms with van der Waals surface area (Å²) in [5, 5.41) is 0. The van der Waals surface area contributed by atoms with Crippen LogP contribution < -0.4 is 4.74 Å². The molecule has 0 heterocycles. The van der Waals surface area contributed by atoms with E-state index in [1.165, 1.54) is 11.1 Å². The van der Waals surface area contributed by atoms with Crippen molar-refractivity contribution in [3.05, 3.63) is 59.2 Å². The molecule has 0 amide bonds. The number of ether oxygens (including phenoxy) is 1. The topological polar surface area (TPSA) is 26.3 Å². The third-order valence-corrected chi connectivity index (χ3v) is 3.21. The Bertz CT molecular complexity index is 600. The Morgan fingerprint density at radius 3 is 2.47 bits per heavy atom. The molecule has 0 aliphatic rings.